The van der Waals surface area contributed by atoms with Crippen molar-refractivity contribution < 1.29 is 14.7 Å². The van der Waals surface area contributed by atoms with Gasteiger partial charge >= 0.3 is 5.97 Å². The number of aromatic nitrogens is 1. The minimum atomic E-state index is -0.904. The van der Waals surface area contributed by atoms with Crippen LogP contribution in [0.25, 0.3) is 10.6 Å². The summed E-state index contributed by atoms with van der Waals surface area (Å²) in [7, 11) is 0. The molecular weight excluding hydrogens is 300 g/mol. The van der Waals surface area contributed by atoms with Gasteiger partial charge in [-0.05, 0) is 26.0 Å². The Morgan fingerprint density at radius 1 is 1.36 bits per heavy atom. The molecule has 6 heteroatoms. The van der Waals surface area contributed by atoms with E-state index >= 15 is 0 Å². The molecular formula is C16H18N2O3S. The fraction of sp³-hybridized carbons (Fsp3) is 0.312. The molecule has 2 aromatic rings. The van der Waals surface area contributed by atoms with Crippen LogP contribution in [0.4, 0.5) is 0 Å². The molecule has 0 bridgehead atoms. The molecule has 0 radical (unpaired) electrons. The number of amides is 1. The third-order valence-corrected chi connectivity index (χ3v) is 4.25. The summed E-state index contributed by atoms with van der Waals surface area (Å²) in [5.74, 6) is -1.06. The van der Waals surface area contributed by atoms with Crippen LogP contribution in [-0.4, -0.2) is 40.0 Å². The van der Waals surface area contributed by atoms with Crippen molar-refractivity contribution in [3.63, 3.8) is 0 Å². The molecule has 0 saturated carbocycles. The largest absolute Gasteiger partial charge is 0.481 e. The van der Waals surface area contributed by atoms with Crippen molar-refractivity contribution in [3.8, 4) is 10.6 Å². The minimum absolute atomic E-state index is 0.0506. The summed E-state index contributed by atoms with van der Waals surface area (Å²) in [4.78, 5) is 29.1. The van der Waals surface area contributed by atoms with Crippen LogP contribution >= 0.6 is 11.3 Å². The zero-order valence-electron chi connectivity index (χ0n) is 12.6. The number of thiazole rings is 1. The van der Waals surface area contributed by atoms with Crippen LogP contribution in [-0.2, 0) is 4.79 Å². The zero-order chi connectivity index (χ0) is 16.1. The van der Waals surface area contributed by atoms with Gasteiger partial charge in [0.1, 0.15) is 5.01 Å². The smallest absolute Gasteiger partial charge is 0.305 e. The summed E-state index contributed by atoms with van der Waals surface area (Å²) in [5.41, 5.74) is 2.41. The number of nitrogens with zero attached hydrogens (tertiary/aromatic N) is 2. The predicted octanol–water partition coefficient (Wildman–Crippen LogP) is 3.06. The molecule has 0 spiro atoms. The minimum Gasteiger partial charge on any atom is -0.481 e. The van der Waals surface area contributed by atoms with Gasteiger partial charge in [-0.1, -0.05) is 12.1 Å². The highest BCUT2D eigenvalue weighted by Crippen LogP contribution is 2.24. The van der Waals surface area contributed by atoms with Gasteiger partial charge in [0.05, 0.1) is 6.42 Å². The quantitative estimate of drug-likeness (QED) is 0.888. The number of aliphatic carboxylic acids is 1. The summed E-state index contributed by atoms with van der Waals surface area (Å²) in [6, 6.07) is 7.30. The molecule has 0 atom stereocenters. The summed E-state index contributed by atoms with van der Waals surface area (Å²) in [6.07, 6.45) is -0.0506. The first-order valence-electron chi connectivity index (χ1n) is 7.05. The molecule has 0 aliphatic rings. The van der Waals surface area contributed by atoms with Crippen LogP contribution in [0, 0.1) is 6.92 Å². The molecule has 1 amide bonds. The van der Waals surface area contributed by atoms with Crippen LogP contribution in [0.5, 0.6) is 0 Å². The Bertz CT molecular complexity index is 682. The van der Waals surface area contributed by atoms with E-state index in [-0.39, 0.29) is 18.9 Å². The first-order chi connectivity index (χ1) is 10.5. The Hall–Kier alpha value is -2.21. The second-order valence-corrected chi connectivity index (χ2v) is 5.76. The Kier molecular flexibility index (Phi) is 5.27. The van der Waals surface area contributed by atoms with Crippen LogP contribution < -0.4 is 0 Å². The summed E-state index contributed by atoms with van der Waals surface area (Å²) in [5, 5.41) is 11.6. The highest BCUT2D eigenvalue weighted by atomic mass is 32.1. The lowest BCUT2D eigenvalue weighted by molar-refractivity contribution is -0.137. The maximum atomic E-state index is 12.5. The van der Waals surface area contributed by atoms with E-state index in [1.807, 2.05) is 37.4 Å². The van der Waals surface area contributed by atoms with Gasteiger partial charge in [0.2, 0.25) is 0 Å². The molecule has 2 rings (SSSR count). The van der Waals surface area contributed by atoms with Crippen molar-refractivity contribution in [2.75, 3.05) is 13.1 Å². The van der Waals surface area contributed by atoms with Crippen molar-refractivity contribution in [2.45, 2.75) is 20.3 Å². The average molecular weight is 318 g/mol. The SMILES string of the molecule is CCN(CCC(=O)O)C(=O)c1cccc(-c2nc(C)cs2)c1. The van der Waals surface area contributed by atoms with Crippen molar-refractivity contribution in [1.82, 2.24) is 9.88 Å². The van der Waals surface area contributed by atoms with E-state index in [0.717, 1.165) is 16.3 Å². The number of carboxylic acid groups (broad SMARTS) is 1. The van der Waals surface area contributed by atoms with Gasteiger partial charge in [0, 0.05) is 35.3 Å². The highest BCUT2D eigenvalue weighted by Gasteiger charge is 2.16. The van der Waals surface area contributed by atoms with Gasteiger partial charge in [-0.15, -0.1) is 11.3 Å². The summed E-state index contributed by atoms with van der Waals surface area (Å²) >= 11 is 1.54. The van der Waals surface area contributed by atoms with Crippen LogP contribution in [0.1, 0.15) is 29.4 Å². The lowest BCUT2D eigenvalue weighted by atomic mass is 10.1. The molecule has 0 fully saturated rings. The standard InChI is InChI=1S/C16H18N2O3S/c1-3-18(8-7-14(19)20)16(21)13-6-4-5-12(9-13)15-17-11(2)10-22-15/h4-6,9-10H,3,7-8H2,1-2H3,(H,19,20). The lowest BCUT2D eigenvalue weighted by Crippen LogP contribution is -2.32. The van der Waals surface area contributed by atoms with Gasteiger partial charge in [-0.3, -0.25) is 9.59 Å². The van der Waals surface area contributed by atoms with Gasteiger partial charge in [-0.2, -0.15) is 0 Å². The molecule has 0 unspecified atom stereocenters. The fourth-order valence-corrected chi connectivity index (χ4v) is 2.88. The number of carboxylic acids is 1. The zero-order valence-corrected chi connectivity index (χ0v) is 13.4. The average Bonchev–Trinajstić information content (AvgIpc) is 2.94. The number of hydrogen-bond acceptors (Lipinski definition) is 4. The third-order valence-electron chi connectivity index (χ3n) is 3.24. The fourth-order valence-electron chi connectivity index (χ4n) is 2.09. The molecule has 1 aromatic carbocycles. The molecule has 116 valence electrons. The molecule has 1 N–H and O–H groups in total. The first-order valence-corrected chi connectivity index (χ1v) is 7.93. The van der Waals surface area contributed by atoms with Gasteiger partial charge < -0.3 is 10.0 Å². The van der Waals surface area contributed by atoms with E-state index in [9.17, 15) is 9.59 Å². The highest BCUT2D eigenvalue weighted by molar-refractivity contribution is 7.13. The van der Waals surface area contributed by atoms with Gasteiger partial charge in [0.15, 0.2) is 0 Å². The molecule has 0 aliphatic carbocycles. The van der Waals surface area contributed by atoms with Crippen LogP contribution in [0.15, 0.2) is 29.6 Å². The Balaban J connectivity index is 2.20. The number of rotatable bonds is 6. The number of aryl methyl sites for hydroxylation is 1. The maximum absolute atomic E-state index is 12.5. The van der Waals surface area contributed by atoms with Crippen LogP contribution in [0.3, 0.4) is 0 Å². The Morgan fingerprint density at radius 2 is 2.14 bits per heavy atom. The van der Waals surface area contributed by atoms with Crippen LogP contribution in [0.2, 0.25) is 0 Å². The molecule has 22 heavy (non-hydrogen) atoms. The maximum Gasteiger partial charge on any atom is 0.305 e. The van der Waals surface area contributed by atoms with E-state index in [1.54, 1.807) is 11.0 Å². The Morgan fingerprint density at radius 3 is 2.73 bits per heavy atom. The molecule has 0 aliphatic heterocycles. The third kappa shape index (κ3) is 3.92. The first kappa shape index (κ1) is 16.2. The predicted molar refractivity (Wildman–Crippen MR) is 86.1 cm³/mol. The monoisotopic (exact) mass is 318 g/mol. The summed E-state index contributed by atoms with van der Waals surface area (Å²) in [6.45, 7) is 4.46. The van der Waals surface area contributed by atoms with Crippen molar-refractivity contribution >= 4 is 23.2 Å². The second kappa shape index (κ2) is 7.17. The van der Waals surface area contributed by atoms with Gasteiger partial charge in [-0.25, -0.2) is 4.98 Å². The molecule has 1 aromatic heterocycles. The number of carbonyl (C=O) groups is 2. The van der Waals surface area contributed by atoms with Crippen molar-refractivity contribution in [3.05, 3.63) is 40.9 Å². The number of carbonyl (C=O) groups excluding carboxylic acids is 1. The Labute approximate surface area is 133 Å². The van der Waals surface area contributed by atoms with E-state index in [0.29, 0.717) is 12.1 Å². The van der Waals surface area contributed by atoms with Crippen molar-refractivity contribution in [2.24, 2.45) is 0 Å². The normalized spacial score (nSPS) is 10.5. The van der Waals surface area contributed by atoms with E-state index < -0.39 is 5.97 Å². The lowest BCUT2D eigenvalue weighted by Gasteiger charge is -2.20. The van der Waals surface area contributed by atoms with Gasteiger partial charge in [0.25, 0.3) is 5.91 Å². The molecule has 0 saturated heterocycles. The number of hydrogen-bond donors (Lipinski definition) is 1. The molecule has 5 nitrogen and oxygen atoms in total. The topological polar surface area (TPSA) is 70.5 Å². The number of benzene rings is 1. The van der Waals surface area contributed by atoms with E-state index in [4.69, 9.17) is 5.11 Å². The summed E-state index contributed by atoms with van der Waals surface area (Å²) < 4.78 is 0. The molecule has 1 heterocycles. The van der Waals surface area contributed by atoms with E-state index in [1.165, 1.54) is 11.3 Å². The second-order valence-electron chi connectivity index (χ2n) is 4.90. The van der Waals surface area contributed by atoms with E-state index in [2.05, 4.69) is 4.98 Å². The van der Waals surface area contributed by atoms with Crippen molar-refractivity contribution in [1.29, 1.82) is 0 Å².